The molecule has 1 unspecified atom stereocenters. The van der Waals surface area contributed by atoms with Crippen LogP contribution >= 0.6 is 23.2 Å². The summed E-state index contributed by atoms with van der Waals surface area (Å²) in [6.45, 7) is 4.24. The standard InChI is InChI=1S/C22H24Cl2N2O2/c1-2-25(14-16-5-3-7-20(24)13-16)22(28)18-6-4-12-26(15-18)21(27)17-8-10-19(23)11-9-17/h3,5,7-11,13,18H,2,4,6,12,14-15H2,1H3. The Morgan fingerprint density at radius 3 is 2.54 bits per heavy atom. The molecule has 1 fully saturated rings. The van der Waals surface area contributed by atoms with Crippen LogP contribution < -0.4 is 0 Å². The Balaban J connectivity index is 1.67. The number of likely N-dealkylation sites (tertiary alicyclic amines) is 1. The number of hydrogen-bond acceptors (Lipinski definition) is 2. The molecule has 0 radical (unpaired) electrons. The van der Waals surface area contributed by atoms with E-state index in [2.05, 4.69) is 0 Å². The molecule has 0 bridgehead atoms. The van der Waals surface area contributed by atoms with E-state index in [1.165, 1.54) is 0 Å². The molecule has 0 aromatic heterocycles. The Kier molecular flexibility index (Phi) is 6.97. The van der Waals surface area contributed by atoms with Gasteiger partial charge in [-0.15, -0.1) is 0 Å². The Bertz CT molecular complexity index is 839. The molecule has 0 saturated carbocycles. The quantitative estimate of drug-likeness (QED) is 0.692. The van der Waals surface area contributed by atoms with Crippen molar-refractivity contribution in [1.29, 1.82) is 0 Å². The van der Waals surface area contributed by atoms with E-state index in [4.69, 9.17) is 23.2 Å². The number of piperidine rings is 1. The molecule has 1 aliphatic rings. The minimum atomic E-state index is -0.177. The number of carbonyl (C=O) groups excluding carboxylic acids is 2. The minimum Gasteiger partial charge on any atom is -0.338 e. The van der Waals surface area contributed by atoms with Gasteiger partial charge in [-0.25, -0.2) is 0 Å². The molecule has 1 saturated heterocycles. The molecule has 3 rings (SSSR count). The molecule has 1 aliphatic heterocycles. The Hall–Kier alpha value is -2.04. The monoisotopic (exact) mass is 418 g/mol. The second kappa shape index (κ2) is 9.44. The minimum absolute atomic E-state index is 0.0490. The van der Waals surface area contributed by atoms with E-state index in [1.807, 2.05) is 36.1 Å². The van der Waals surface area contributed by atoms with Crippen LogP contribution in [0.15, 0.2) is 48.5 Å². The summed E-state index contributed by atoms with van der Waals surface area (Å²) in [7, 11) is 0. The zero-order valence-corrected chi connectivity index (χ0v) is 17.4. The number of amides is 2. The lowest BCUT2D eigenvalue weighted by atomic mass is 9.95. The summed E-state index contributed by atoms with van der Waals surface area (Å²) in [5.74, 6) is -0.132. The molecule has 2 aromatic carbocycles. The van der Waals surface area contributed by atoms with E-state index in [0.717, 1.165) is 18.4 Å². The van der Waals surface area contributed by atoms with Crippen molar-refractivity contribution in [2.75, 3.05) is 19.6 Å². The first-order valence-corrected chi connectivity index (χ1v) is 10.3. The van der Waals surface area contributed by atoms with Crippen molar-refractivity contribution >= 4 is 35.0 Å². The summed E-state index contributed by atoms with van der Waals surface area (Å²) in [5.41, 5.74) is 1.61. The van der Waals surface area contributed by atoms with Crippen molar-refractivity contribution in [2.24, 2.45) is 5.92 Å². The van der Waals surface area contributed by atoms with E-state index >= 15 is 0 Å². The highest BCUT2D eigenvalue weighted by atomic mass is 35.5. The summed E-state index contributed by atoms with van der Waals surface area (Å²) in [4.78, 5) is 29.5. The molecule has 2 aromatic rings. The predicted molar refractivity (Wildman–Crippen MR) is 113 cm³/mol. The number of nitrogens with zero attached hydrogens (tertiary/aromatic N) is 2. The van der Waals surface area contributed by atoms with Gasteiger partial charge in [0.25, 0.3) is 5.91 Å². The number of benzene rings is 2. The molecule has 0 spiro atoms. The number of hydrogen-bond donors (Lipinski definition) is 0. The Labute approximate surface area is 176 Å². The zero-order chi connectivity index (χ0) is 20.1. The van der Waals surface area contributed by atoms with Crippen LogP contribution in [-0.2, 0) is 11.3 Å². The highest BCUT2D eigenvalue weighted by Crippen LogP contribution is 2.23. The third kappa shape index (κ3) is 5.06. The third-order valence-corrected chi connectivity index (χ3v) is 5.59. The van der Waals surface area contributed by atoms with Crippen molar-refractivity contribution in [3.05, 3.63) is 69.7 Å². The maximum absolute atomic E-state index is 13.1. The fourth-order valence-corrected chi connectivity index (χ4v) is 3.94. The summed E-state index contributed by atoms with van der Waals surface area (Å²) < 4.78 is 0. The van der Waals surface area contributed by atoms with Gasteiger partial charge in [0.2, 0.25) is 5.91 Å². The van der Waals surface area contributed by atoms with Crippen LogP contribution in [0.25, 0.3) is 0 Å². The van der Waals surface area contributed by atoms with Gasteiger partial charge in [-0.3, -0.25) is 9.59 Å². The van der Waals surface area contributed by atoms with Gasteiger partial charge in [0.15, 0.2) is 0 Å². The fourth-order valence-electron chi connectivity index (χ4n) is 3.60. The molecule has 6 heteroatoms. The summed E-state index contributed by atoms with van der Waals surface area (Å²) >= 11 is 12.0. The summed E-state index contributed by atoms with van der Waals surface area (Å²) in [6, 6.07) is 14.5. The topological polar surface area (TPSA) is 40.6 Å². The molecule has 2 amide bonds. The highest BCUT2D eigenvalue weighted by molar-refractivity contribution is 6.30. The van der Waals surface area contributed by atoms with Gasteiger partial charge in [-0.05, 0) is 61.7 Å². The predicted octanol–water partition coefficient (Wildman–Crippen LogP) is 4.89. The van der Waals surface area contributed by atoms with Crippen molar-refractivity contribution in [3.8, 4) is 0 Å². The number of carbonyl (C=O) groups is 2. The third-order valence-electron chi connectivity index (χ3n) is 5.10. The van der Waals surface area contributed by atoms with Crippen LogP contribution in [0.1, 0.15) is 35.7 Å². The van der Waals surface area contributed by atoms with Gasteiger partial charge in [0, 0.05) is 41.8 Å². The summed E-state index contributed by atoms with van der Waals surface area (Å²) in [6.07, 6.45) is 1.62. The normalized spacial score (nSPS) is 16.7. The van der Waals surface area contributed by atoms with Gasteiger partial charge >= 0.3 is 0 Å². The lowest BCUT2D eigenvalue weighted by Gasteiger charge is -2.35. The number of rotatable bonds is 5. The van der Waals surface area contributed by atoms with Crippen molar-refractivity contribution < 1.29 is 9.59 Å². The van der Waals surface area contributed by atoms with Crippen LogP contribution in [-0.4, -0.2) is 41.2 Å². The highest BCUT2D eigenvalue weighted by Gasteiger charge is 2.31. The molecule has 1 heterocycles. The van der Waals surface area contributed by atoms with Gasteiger partial charge in [0.1, 0.15) is 0 Å². The summed E-state index contributed by atoms with van der Waals surface area (Å²) in [5, 5.41) is 1.27. The first-order chi connectivity index (χ1) is 13.5. The van der Waals surface area contributed by atoms with E-state index in [1.54, 1.807) is 29.2 Å². The van der Waals surface area contributed by atoms with Crippen molar-refractivity contribution in [1.82, 2.24) is 9.80 Å². The average molecular weight is 419 g/mol. The molecule has 4 nitrogen and oxygen atoms in total. The van der Waals surface area contributed by atoms with Gasteiger partial charge in [0.05, 0.1) is 5.92 Å². The molecule has 1 atom stereocenters. The second-order valence-corrected chi connectivity index (χ2v) is 7.95. The maximum Gasteiger partial charge on any atom is 0.253 e. The van der Waals surface area contributed by atoms with Gasteiger partial charge in [-0.2, -0.15) is 0 Å². The van der Waals surface area contributed by atoms with Crippen LogP contribution in [0.4, 0.5) is 0 Å². The van der Waals surface area contributed by atoms with Crippen molar-refractivity contribution in [3.63, 3.8) is 0 Å². The van der Waals surface area contributed by atoms with E-state index < -0.39 is 0 Å². The van der Waals surface area contributed by atoms with Crippen LogP contribution in [0, 0.1) is 5.92 Å². The van der Waals surface area contributed by atoms with Gasteiger partial charge in [-0.1, -0.05) is 35.3 Å². The molecular weight excluding hydrogens is 395 g/mol. The maximum atomic E-state index is 13.1. The van der Waals surface area contributed by atoms with Gasteiger partial charge < -0.3 is 9.80 Å². The van der Waals surface area contributed by atoms with Crippen molar-refractivity contribution in [2.45, 2.75) is 26.3 Å². The van der Waals surface area contributed by atoms with Crippen LogP contribution in [0.2, 0.25) is 10.0 Å². The SMILES string of the molecule is CCN(Cc1cccc(Cl)c1)C(=O)C1CCCN(C(=O)c2ccc(Cl)cc2)C1. The smallest absolute Gasteiger partial charge is 0.253 e. The Morgan fingerprint density at radius 1 is 1.11 bits per heavy atom. The first kappa shape index (κ1) is 20.7. The molecular formula is C22H24Cl2N2O2. The Morgan fingerprint density at radius 2 is 1.86 bits per heavy atom. The first-order valence-electron chi connectivity index (χ1n) is 9.56. The number of halogens is 2. The van der Waals surface area contributed by atoms with Crippen LogP contribution in [0.5, 0.6) is 0 Å². The lowest BCUT2D eigenvalue weighted by molar-refractivity contribution is -0.137. The fraction of sp³-hybridized carbons (Fsp3) is 0.364. The van der Waals surface area contributed by atoms with E-state index in [0.29, 0.717) is 41.8 Å². The zero-order valence-electron chi connectivity index (χ0n) is 15.9. The molecule has 148 valence electrons. The largest absolute Gasteiger partial charge is 0.338 e. The van der Waals surface area contributed by atoms with E-state index in [9.17, 15) is 9.59 Å². The average Bonchev–Trinajstić information content (AvgIpc) is 2.71. The molecule has 0 aliphatic carbocycles. The van der Waals surface area contributed by atoms with E-state index in [-0.39, 0.29) is 17.7 Å². The molecule has 28 heavy (non-hydrogen) atoms. The van der Waals surface area contributed by atoms with Crippen LogP contribution in [0.3, 0.4) is 0 Å². The second-order valence-electron chi connectivity index (χ2n) is 7.08. The lowest BCUT2D eigenvalue weighted by Crippen LogP contribution is -2.46. The molecule has 0 N–H and O–H groups in total.